The van der Waals surface area contributed by atoms with Gasteiger partial charge in [-0.25, -0.2) is 4.79 Å². The van der Waals surface area contributed by atoms with Gasteiger partial charge >= 0.3 is 6.09 Å². The van der Waals surface area contributed by atoms with Crippen molar-refractivity contribution in [3.63, 3.8) is 0 Å². The van der Waals surface area contributed by atoms with Crippen molar-refractivity contribution in [2.75, 3.05) is 0 Å². The van der Waals surface area contributed by atoms with Gasteiger partial charge in [0.2, 0.25) is 3.79 Å². The topological polar surface area (TPSA) is 70.0 Å². The second-order valence-electron chi connectivity index (χ2n) is 1.59. The number of nitroso groups, excluding NO2 is 1. The van der Waals surface area contributed by atoms with Gasteiger partial charge in [-0.15, -0.1) is 9.92 Å². The molecule has 0 radical (unpaired) electrons. The zero-order chi connectivity index (χ0) is 9.94. The molecule has 0 saturated carbocycles. The largest absolute Gasteiger partial charge is 0.464 e. The standard InChI is InChI=1S/C3H2Cl4N2O3/c4-1(3(5,6)7)9(8-12)2(10)11/h1H,(H,10,11). The summed E-state index contributed by atoms with van der Waals surface area (Å²) < 4.78 is -2.10. The van der Waals surface area contributed by atoms with E-state index in [1.54, 1.807) is 0 Å². The molecule has 1 N–H and O–H groups in total. The van der Waals surface area contributed by atoms with E-state index in [1.165, 1.54) is 0 Å². The molecule has 1 unspecified atom stereocenters. The average Bonchev–Trinajstić information content (AvgIpc) is 1.86. The normalized spacial score (nSPS) is 13.7. The molecule has 1 amide bonds. The molecule has 0 aliphatic rings. The Morgan fingerprint density at radius 2 is 1.92 bits per heavy atom. The number of hydrogen-bond acceptors (Lipinski definition) is 3. The number of carboxylic acid groups (broad SMARTS) is 1. The summed E-state index contributed by atoms with van der Waals surface area (Å²) in [6.07, 6.45) is -1.70. The van der Waals surface area contributed by atoms with E-state index in [-0.39, 0.29) is 5.01 Å². The van der Waals surface area contributed by atoms with Gasteiger partial charge in [0.05, 0.1) is 5.29 Å². The second kappa shape index (κ2) is 4.32. The first-order valence-corrected chi connectivity index (χ1v) is 3.94. The summed E-state index contributed by atoms with van der Waals surface area (Å²) in [4.78, 5) is 20.1. The number of halogens is 4. The van der Waals surface area contributed by atoms with E-state index in [0.717, 1.165) is 0 Å². The van der Waals surface area contributed by atoms with Gasteiger partial charge in [-0.3, -0.25) is 0 Å². The summed E-state index contributed by atoms with van der Waals surface area (Å²) in [7, 11) is 0. The molecule has 5 nitrogen and oxygen atoms in total. The summed E-state index contributed by atoms with van der Waals surface area (Å²) >= 11 is 20.9. The maximum Gasteiger partial charge on any atom is 0.432 e. The summed E-state index contributed by atoms with van der Waals surface area (Å²) in [5, 5.41) is 10.2. The summed E-state index contributed by atoms with van der Waals surface area (Å²) in [6.45, 7) is 0. The fourth-order valence-corrected chi connectivity index (χ4v) is 0.708. The summed E-state index contributed by atoms with van der Waals surface area (Å²) in [5.74, 6) is 0. The lowest BCUT2D eigenvalue weighted by atomic mass is 10.7. The Labute approximate surface area is 87.1 Å². The minimum atomic E-state index is -2.10. The van der Waals surface area contributed by atoms with Crippen LogP contribution in [-0.2, 0) is 0 Å². The maximum absolute atomic E-state index is 10.2. The van der Waals surface area contributed by atoms with Crippen LogP contribution >= 0.6 is 46.4 Å². The van der Waals surface area contributed by atoms with Crippen molar-refractivity contribution >= 4 is 52.5 Å². The highest BCUT2D eigenvalue weighted by Crippen LogP contribution is 2.35. The molecule has 0 aliphatic heterocycles. The van der Waals surface area contributed by atoms with Gasteiger partial charge in [0.25, 0.3) is 0 Å². The maximum atomic E-state index is 10.2. The number of carbonyl (C=O) groups is 1. The van der Waals surface area contributed by atoms with E-state index in [4.69, 9.17) is 51.5 Å². The molecule has 0 aromatic rings. The van der Waals surface area contributed by atoms with Crippen LogP contribution in [0.25, 0.3) is 0 Å². The van der Waals surface area contributed by atoms with E-state index < -0.39 is 15.4 Å². The Bertz CT molecular complexity index is 192. The molecule has 0 rings (SSSR count). The molecule has 0 aromatic heterocycles. The Balaban J connectivity index is 4.53. The van der Waals surface area contributed by atoms with E-state index >= 15 is 0 Å². The predicted molar refractivity (Wildman–Crippen MR) is 45.6 cm³/mol. The summed E-state index contributed by atoms with van der Waals surface area (Å²) in [5.41, 5.74) is -1.66. The third-order valence-electron chi connectivity index (χ3n) is 0.769. The van der Waals surface area contributed by atoms with Crippen LogP contribution in [0.1, 0.15) is 0 Å². The van der Waals surface area contributed by atoms with Gasteiger partial charge in [0, 0.05) is 0 Å². The molecule has 0 aromatic carbocycles. The van der Waals surface area contributed by atoms with Gasteiger partial charge in [0.1, 0.15) is 0 Å². The molecule has 0 aliphatic carbocycles. The fraction of sp³-hybridized carbons (Fsp3) is 0.667. The van der Waals surface area contributed by atoms with Crippen molar-refractivity contribution in [2.24, 2.45) is 5.29 Å². The smallest absolute Gasteiger partial charge is 0.432 e. The highest BCUT2D eigenvalue weighted by Gasteiger charge is 2.39. The lowest BCUT2D eigenvalue weighted by molar-refractivity contribution is 0.141. The highest BCUT2D eigenvalue weighted by molar-refractivity contribution is 6.70. The Morgan fingerprint density at radius 3 is 2.00 bits per heavy atom. The average molecular weight is 256 g/mol. The molecule has 1 atom stereocenters. The molecule has 0 spiro atoms. The summed E-state index contributed by atoms with van der Waals surface area (Å²) in [6, 6.07) is 0. The van der Waals surface area contributed by atoms with Gasteiger partial charge < -0.3 is 5.11 Å². The van der Waals surface area contributed by atoms with Crippen LogP contribution in [0.4, 0.5) is 4.79 Å². The quantitative estimate of drug-likeness (QED) is 0.357. The molecule has 12 heavy (non-hydrogen) atoms. The lowest BCUT2D eigenvalue weighted by Gasteiger charge is -2.21. The fourth-order valence-electron chi connectivity index (χ4n) is 0.312. The SMILES string of the molecule is O=NN(C(=O)O)C(Cl)C(Cl)(Cl)Cl. The lowest BCUT2D eigenvalue weighted by Crippen LogP contribution is -2.39. The first-order valence-electron chi connectivity index (χ1n) is 2.37. The molecule has 70 valence electrons. The van der Waals surface area contributed by atoms with Crippen molar-refractivity contribution in [3.05, 3.63) is 4.91 Å². The van der Waals surface area contributed by atoms with E-state index in [0.29, 0.717) is 0 Å². The minimum Gasteiger partial charge on any atom is -0.464 e. The number of amides is 1. The molecule has 0 bridgehead atoms. The minimum absolute atomic E-state index is 0.103. The monoisotopic (exact) mass is 254 g/mol. The van der Waals surface area contributed by atoms with Crippen molar-refractivity contribution < 1.29 is 9.90 Å². The molecular formula is C3H2Cl4N2O3. The van der Waals surface area contributed by atoms with Crippen molar-refractivity contribution in [2.45, 2.75) is 9.29 Å². The third-order valence-corrected chi connectivity index (χ3v) is 2.24. The van der Waals surface area contributed by atoms with Gasteiger partial charge in [-0.1, -0.05) is 46.4 Å². The van der Waals surface area contributed by atoms with Gasteiger partial charge in [0.15, 0.2) is 5.50 Å². The van der Waals surface area contributed by atoms with Crippen LogP contribution in [0, 0.1) is 4.91 Å². The van der Waals surface area contributed by atoms with Crippen LogP contribution in [0.15, 0.2) is 5.29 Å². The van der Waals surface area contributed by atoms with E-state index in [9.17, 15) is 9.70 Å². The number of alkyl halides is 4. The van der Waals surface area contributed by atoms with Crippen LogP contribution in [0.2, 0.25) is 0 Å². The highest BCUT2D eigenvalue weighted by atomic mass is 35.6. The third kappa shape index (κ3) is 3.18. The van der Waals surface area contributed by atoms with Crippen molar-refractivity contribution in [1.29, 1.82) is 0 Å². The van der Waals surface area contributed by atoms with Gasteiger partial charge in [-0.05, 0) is 0 Å². The van der Waals surface area contributed by atoms with E-state index in [1.807, 2.05) is 0 Å². The number of nitrogens with zero attached hydrogens (tertiary/aromatic N) is 2. The zero-order valence-corrected chi connectivity index (χ0v) is 8.27. The second-order valence-corrected chi connectivity index (χ2v) is 4.37. The first kappa shape index (κ1) is 12.0. The van der Waals surface area contributed by atoms with Crippen LogP contribution in [-0.4, -0.2) is 25.5 Å². The Morgan fingerprint density at radius 1 is 1.50 bits per heavy atom. The van der Waals surface area contributed by atoms with Crippen molar-refractivity contribution in [1.82, 2.24) is 5.01 Å². The van der Waals surface area contributed by atoms with E-state index in [2.05, 4.69) is 5.29 Å². The molecule has 9 heteroatoms. The predicted octanol–water partition coefficient (Wildman–Crippen LogP) is 2.58. The molecule has 0 heterocycles. The van der Waals surface area contributed by atoms with Crippen LogP contribution in [0.3, 0.4) is 0 Å². The molecule has 0 saturated heterocycles. The number of rotatable bonds is 2. The number of hydrogen-bond donors (Lipinski definition) is 1. The van der Waals surface area contributed by atoms with Crippen LogP contribution in [0.5, 0.6) is 0 Å². The van der Waals surface area contributed by atoms with Gasteiger partial charge in [-0.2, -0.15) is 0 Å². The Hall–Kier alpha value is 0.0300. The molecular weight excluding hydrogens is 254 g/mol. The Kier molecular flexibility index (Phi) is 4.33. The van der Waals surface area contributed by atoms with Crippen molar-refractivity contribution in [3.8, 4) is 0 Å². The van der Waals surface area contributed by atoms with Crippen LogP contribution < -0.4 is 0 Å². The first-order chi connectivity index (χ1) is 5.30. The zero-order valence-electron chi connectivity index (χ0n) is 5.25. The molecule has 0 fully saturated rings.